The summed E-state index contributed by atoms with van der Waals surface area (Å²) >= 11 is 1.61. The molecule has 0 heterocycles. The summed E-state index contributed by atoms with van der Waals surface area (Å²) in [4.78, 5) is 11.5. The van der Waals surface area contributed by atoms with Crippen molar-refractivity contribution in [3.8, 4) is 0 Å². The minimum atomic E-state index is 0.0959. The number of rotatable bonds is 4. The fraction of sp³-hybridized carbons (Fsp3) is 0.909. The first-order valence-corrected chi connectivity index (χ1v) is 6.83. The zero-order valence-corrected chi connectivity index (χ0v) is 10.0. The zero-order valence-electron chi connectivity index (χ0n) is 9.21. The summed E-state index contributed by atoms with van der Waals surface area (Å²) in [6.07, 6.45) is 8.65. The monoisotopic (exact) mass is 215 g/mol. The molecule has 3 heteroatoms. The molecule has 1 rings (SSSR count). The van der Waals surface area contributed by atoms with E-state index in [1.54, 1.807) is 11.8 Å². The molecule has 0 aliphatic heterocycles. The van der Waals surface area contributed by atoms with Crippen molar-refractivity contribution in [1.82, 2.24) is 5.32 Å². The van der Waals surface area contributed by atoms with Crippen molar-refractivity contribution >= 4 is 17.7 Å². The van der Waals surface area contributed by atoms with Gasteiger partial charge in [0.1, 0.15) is 0 Å². The lowest BCUT2D eigenvalue weighted by Gasteiger charge is -2.22. The van der Waals surface area contributed by atoms with Gasteiger partial charge in [-0.1, -0.05) is 19.3 Å². The lowest BCUT2D eigenvalue weighted by atomic mass is 9.89. The van der Waals surface area contributed by atoms with Crippen LogP contribution >= 0.6 is 11.8 Å². The van der Waals surface area contributed by atoms with Crippen LogP contribution in [0.25, 0.3) is 0 Å². The Morgan fingerprint density at radius 2 is 2.07 bits per heavy atom. The molecule has 0 spiro atoms. The molecular weight excluding hydrogens is 194 g/mol. The molecule has 1 amide bonds. The number of carbonyl (C=O) groups is 1. The van der Waals surface area contributed by atoms with Crippen LogP contribution in [0, 0.1) is 5.92 Å². The molecule has 0 aromatic heterocycles. The maximum Gasteiger partial charge on any atom is 0.232 e. The Kier molecular flexibility index (Phi) is 5.38. The van der Waals surface area contributed by atoms with E-state index in [2.05, 4.69) is 5.32 Å². The third-order valence-corrected chi connectivity index (χ3v) is 3.93. The molecule has 1 atom stereocenters. The Labute approximate surface area is 91.2 Å². The molecule has 0 radical (unpaired) electrons. The summed E-state index contributed by atoms with van der Waals surface area (Å²) in [7, 11) is 0. The molecule has 2 nitrogen and oxygen atoms in total. The lowest BCUT2D eigenvalue weighted by molar-refractivity contribution is -0.120. The van der Waals surface area contributed by atoms with E-state index in [-0.39, 0.29) is 11.2 Å². The van der Waals surface area contributed by atoms with Crippen LogP contribution in [0.5, 0.6) is 0 Å². The first-order valence-electron chi connectivity index (χ1n) is 5.54. The molecule has 0 unspecified atom stereocenters. The van der Waals surface area contributed by atoms with Gasteiger partial charge in [-0.25, -0.2) is 0 Å². The minimum absolute atomic E-state index is 0.0959. The van der Waals surface area contributed by atoms with E-state index in [0.29, 0.717) is 0 Å². The van der Waals surface area contributed by atoms with Crippen molar-refractivity contribution in [2.75, 3.05) is 12.8 Å². The average molecular weight is 215 g/mol. The van der Waals surface area contributed by atoms with E-state index in [1.807, 2.05) is 13.2 Å². The quantitative estimate of drug-likeness (QED) is 0.780. The highest BCUT2D eigenvalue weighted by molar-refractivity contribution is 7.99. The van der Waals surface area contributed by atoms with Crippen molar-refractivity contribution in [3.63, 3.8) is 0 Å². The largest absolute Gasteiger partial charge is 0.355 e. The van der Waals surface area contributed by atoms with E-state index < -0.39 is 0 Å². The predicted molar refractivity (Wildman–Crippen MR) is 62.6 cm³/mol. The lowest BCUT2D eigenvalue weighted by Crippen LogP contribution is -2.35. The first kappa shape index (κ1) is 11.9. The molecule has 0 aromatic carbocycles. The van der Waals surface area contributed by atoms with Crippen LogP contribution in [0.4, 0.5) is 0 Å². The van der Waals surface area contributed by atoms with Gasteiger partial charge in [-0.3, -0.25) is 4.79 Å². The van der Waals surface area contributed by atoms with E-state index in [0.717, 1.165) is 12.5 Å². The van der Waals surface area contributed by atoms with Crippen molar-refractivity contribution in [3.05, 3.63) is 0 Å². The van der Waals surface area contributed by atoms with Gasteiger partial charge in [-0.05, 0) is 31.9 Å². The highest BCUT2D eigenvalue weighted by Crippen LogP contribution is 2.22. The maximum absolute atomic E-state index is 11.5. The van der Waals surface area contributed by atoms with E-state index in [4.69, 9.17) is 0 Å². The Balaban J connectivity index is 2.15. The standard InChI is InChI=1S/C11H21NOS/c1-9(14-2)11(13)12-8-10-6-4-3-5-7-10/h9-10H,3-8H2,1-2H3,(H,12,13)/t9-/m0/s1. The molecule has 1 N–H and O–H groups in total. The van der Waals surface area contributed by atoms with E-state index in [1.165, 1.54) is 32.1 Å². The molecule has 0 bridgehead atoms. The summed E-state index contributed by atoms with van der Waals surface area (Å²) in [6.45, 7) is 2.85. The molecule has 1 fully saturated rings. The summed E-state index contributed by atoms with van der Waals surface area (Å²) in [6, 6.07) is 0. The van der Waals surface area contributed by atoms with E-state index >= 15 is 0 Å². The van der Waals surface area contributed by atoms with Gasteiger partial charge in [0.2, 0.25) is 5.91 Å². The maximum atomic E-state index is 11.5. The normalized spacial score (nSPS) is 20.4. The summed E-state index contributed by atoms with van der Waals surface area (Å²) in [5.41, 5.74) is 0. The second-order valence-corrected chi connectivity index (χ2v) is 5.31. The Morgan fingerprint density at radius 1 is 1.43 bits per heavy atom. The van der Waals surface area contributed by atoms with Crippen LogP contribution in [-0.4, -0.2) is 24.0 Å². The summed E-state index contributed by atoms with van der Waals surface area (Å²) in [5.74, 6) is 0.935. The van der Waals surface area contributed by atoms with Gasteiger partial charge in [-0.15, -0.1) is 0 Å². The number of thioether (sulfide) groups is 1. The predicted octanol–water partition coefficient (Wildman–Crippen LogP) is 2.43. The van der Waals surface area contributed by atoms with Crippen LogP contribution in [0.1, 0.15) is 39.0 Å². The van der Waals surface area contributed by atoms with Gasteiger partial charge in [-0.2, -0.15) is 11.8 Å². The second-order valence-electron chi connectivity index (χ2n) is 4.13. The molecule has 1 saturated carbocycles. The van der Waals surface area contributed by atoms with Gasteiger partial charge in [0.15, 0.2) is 0 Å². The number of hydrogen-bond donors (Lipinski definition) is 1. The van der Waals surface area contributed by atoms with Gasteiger partial charge >= 0.3 is 0 Å². The topological polar surface area (TPSA) is 29.1 Å². The van der Waals surface area contributed by atoms with Crippen molar-refractivity contribution < 1.29 is 4.79 Å². The Hall–Kier alpha value is -0.180. The van der Waals surface area contributed by atoms with Crippen LogP contribution in [0.3, 0.4) is 0 Å². The number of hydrogen-bond acceptors (Lipinski definition) is 2. The third kappa shape index (κ3) is 3.91. The van der Waals surface area contributed by atoms with Crippen LogP contribution < -0.4 is 5.32 Å². The van der Waals surface area contributed by atoms with Crippen LogP contribution in [-0.2, 0) is 4.79 Å². The van der Waals surface area contributed by atoms with Gasteiger partial charge in [0, 0.05) is 6.54 Å². The van der Waals surface area contributed by atoms with Crippen LogP contribution in [0.2, 0.25) is 0 Å². The fourth-order valence-electron chi connectivity index (χ4n) is 1.89. The van der Waals surface area contributed by atoms with Gasteiger partial charge in [0.25, 0.3) is 0 Å². The Morgan fingerprint density at radius 3 is 2.64 bits per heavy atom. The molecule has 14 heavy (non-hydrogen) atoms. The molecule has 0 aromatic rings. The fourth-order valence-corrected chi connectivity index (χ4v) is 2.18. The highest BCUT2D eigenvalue weighted by Gasteiger charge is 2.16. The molecular formula is C11H21NOS. The first-order chi connectivity index (χ1) is 6.74. The molecule has 82 valence electrons. The average Bonchev–Trinajstić information content (AvgIpc) is 2.26. The molecule has 0 saturated heterocycles. The molecule has 1 aliphatic rings. The number of amides is 1. The van der Waals surface area contributed by atoms with Gasteiger partial charge < -0.3 is 5.32 Å². The number of carbonyl (C=O) groups excluding carboxylic acids is 1. The van der Waals surface area contributed by atoms with Crippen LogP contribution in [0.15, 0.2) is 0 Å². The third-order valence-electron chi connectivity index (χ3n) is 3.01. The second kappa shape index (κ2) is 6.33. The SMILES string of the molecule is CS[C@@H](C)C(=O)NCC1CCCCC1. The van der Waals surface area contributed by atoms with Gasteiger partial charge in [0.05, 0.1) is 5.25 Å². The smallest absolute Gasteiger partial charge is 0.232 e. The summed E-state index contributed by atoms with van der Waals surface area (Å²) in [5, 5.41) is 3.14. The highest BCUT2D eigenvalue weighted by atomic mass is 32.2. The summed E-state index contributed by atoms with van der Waals surface area (Å²) < 4.78 is 0. The van der Waals surface area contributed by atoms with E-state index in [9.17, 15) is 4.79 Å². The van der Waals surface area contributed by atoms with Crippen molar-refractivity contribution in [2.45, 2.75) is 44.3 Å². The van der Waals surface area contributed by atoms with Crippen molar-refractivity contribution in [1.29, 1.82) is 0 Å². The van der Waals surface area contributed by atoms with Crippen molar-refractivity contribution in [2.24, 2.45) is 5.92 Å². The number of nitrogens with one attached hydrogen (secondary N) is 1. The zero-order chi connectivity index (χ0) is 10.4. The Bertz CT molecular complexity index is 178. The molecule has 1 aliphatic carbocycles. The minimum Gasteiger partial charge on any atom is -0.355 e.